The Kier molecular flexibility index (Phi) is 3.15. The van der Waals surface area contributed by atoms with E-state index < -0.39 is 11.9 Å². The van der Waals surface area contributed by atoms with Crippen molar-refractivity contribution in [3.8, 4) is 0 Å². The fraction of sp³-hybridized carbons (Fsp3) is 0.0769. The van der Waals surface area contributed by atoms with Crippen molar-refractivity contribution >= 4 is 39.3 Å². The number of nitrogens with one attached hydrogen (secondary N) is 1. The summed E-state index contributed by atoms with van der Waals surface area (Å²) in [5.74, 6) is -1.52. The average molecular weight is 303 g/mol. The topological polar surface area (TPSA) is 105 Å². The summed E-state index contributed by atoms with van der Waals surface area (Å²) in [5.41, 5.74) is 1.35. The van der Waals surface area contributed by atoms with Gasteiger partial charge in [-0.1, -0.05) is 5.16 Å². The molecule has 8 heteroatoms. The van der Waals surface area contributed by atoms with E-state index in [1.54, 1.807) is 18.4 Å². The molecule has 106 valence electrons. The highest BCUT2D eigenvalue weighted by atomic mass is 32.1. The Balaban J connectivity index is 1.91. The first-order valence-corrected chi connectivity index (χ1v) is 6.78. The first-order valence-electron chi connectivity index (χ1n) is 5.90. The zero-order valence-electron chi connectivity index (χ0n) is 10.8. The normalized spacial score (nSPS) is 10.7. The molecule has 0 aliphatic heterocycles. The smallest absolute Gasteiger partial charge is 0.338 e. The molecule has 3 heterocycles. The fourth-order valence-corrected chi connectivity index (χ4v) is 2.59. The second-order valence-corrected chi connectivity index (χ2v) is 5.18. The van der Waals surface area contributed by atoms with Gasteiger partial charge in [0, 0.05) is 6.20 Å². The first kappa shape index (κ1) is 13.3. The number of carbonyl (C=O) groups is 2. The molecule has 0 aliphatic rings. The minimum Gasteiger partial charge on any atom is -0.478 e. The number of anilines is 1. The van der Waals surface area contributed by atoms with E-state index in [0.29, 0.717) is 22.4 Å². The van der Waals surface area contributed by atoms with Crippen molar-refractivity contribution in [3.63, 3.8) is 0 Å². The Morgan fingerprint density at radius 3 is 3.00 bits per heavy atom. The van der Waals surface area contributed by atoms with E-state index >= 15 is 0 Å². The number of carbonyl (C=O) groups excluding carboxylic acids is 1. The predicted molar refractivity (Wildman–Crippen MR) is 75.8 cm³/mol. The van der Waals surface area contributed by atoms with Gasteiger partial charge in [-0.15, -0.1) is 11.3 Å². The maximum atomic E-state index is 12.2. The average Bonchev–Trinajstić information content (AvgIpc) is 3.06. The second-order valence-electron chi connectivity index (χ2n) is 4.27. The quantitative estimate of drug-likeness (QED) is 0.770. The lowest BCUT2D eigenvalue weighted by Gasteiger charge is -2.03. The van der Waals surface area contributed by atoms with Gasteiger partial charge in [0.25, 0.3) is 11.6 Å². The number of carboxylic acids is 1. The van der Waals surface area contributed by atoms with Crippen molar-refractivity contribution in [1.82, 2.24) is 10.1 Å². The number of hydrogen-bond acceptors (Lipinski definition) is 6. The number of hydrogen-bond donors (Lipinski definition) is 2. The molecule has 3 rings (SSSR count). The molecular weight excluding hydrogens is 294 g/mol. The number of rotatable bonds is 3. The number of aromatic nitrogens is 2. The lowest BCUT2D eigenvalue weighted by atomic mass is 10.2. The van der Waals surface area contributed by atoms with Crippen LogP contribution in [0.1, 0.15) is 26.4 Å². The van der Waals surface area contributed by atoms with Gasteiger partial charge in [0.2, 0.25) is 0 Å². The lowest BCUT2D eigenvalue weighted by Crippen LogP contribution is -2.13. The monoisotopic (exact) mass is 303 g/mol. The molecule has 0 radical (unpaired) electrons. The van der Waals surface area contributed by atoms with Crippen LogP contribution in [0.4, 0.5) is 5.00 Å². The van der Waals surface area contributed by atoms with Gasteiger partial charge in [-0.25, -0.2) is 9.78 Å². The minimum atomic E-state index is -1.09. The summed E-state index contributed by atoms with van der Waals surface area (Å²) in [4.78, 5) is 27.2. The van der Waals surface area contributed by atoms with Crippen LogP contribution in [-0.4, -0.2) is 27.1 Å². The molecule has 3 aromatic heterocycles. The number of carboxylic acid groups (broad SMARTS) is 1. The number of nitrogens with zero attached hydrogens (tertiary/aromatic N) is 2. The van der Waals surface area contributed by atoms with E-state index in [0.717, 1.165) is 11.3 Å². The van der Waals surface area contributed by atoms with Gasteiger partial charge in [-0.05, 0) is 24.4 Å². The van der Waals surface area contributed by atoms with Crippen molar-refractivity contribution in [2.45, 2.75) is 6.92 Å². The number of aryl methyl sites for hydroxylation is 1. The van der Waals surface area contributed by atoms with Crippen LogP contribution < -0.4 is 5.32 Å². The molecule has 2 N–H and O–H groups in total. The van der Waals surface area contributed by atoms with Crippen LogP contribution in [0.2, 0.25) is 0 Å². The molecule has 0 bridgehead atoms. The van der Waals surface area contributed by atoms with Crippen LogP contribution in [0.5, 0.6) is 0 Å². The molecule has 3 aromatic rings. The van der Waals surface area contributed by atoms with Crippen LogP contribution in [-0.2, 0) is 0 Å². The number of amides is 1. The van der Waals surface area contributed by atoms with Gasteiger partial charge in [0.05, 0.1) is 22.2 Å². The number of thiophene rings is 1. The van der Waals surface area contributed by atoms with E-state index in [4.69, 9.17) is 9.63 Å². The number of pyridine rings is 1. The zero-order valence-corrected chi connectivity index (χ0v) is 11.6. The molecule has 0 atom stereocenters. The Morgan fingerprint density at radius 1 is 1.43 bits per heavy atom. The molecule has 7 nitrogen and oxygen atoms in total. The largest absolute Gasteiger partial charge is 0.478 e. The van der Waals surface area contributed by atoms with Crippen molar-refractivity contribution in [2.75, 3.05) is 5.32 Å². The highest BCUT2D eigenvalue weighted by Crippen LogP contribution is 2.24. The van der Waals surface area contributed by atoms with Gasteiger partial charge in [-0.2, -0.15) is 0 Å². The molecule has 0 fully saturated rings. The van der Waals surface area contributed by atoms with Gasteiger partial charge in [0.15, 0.2) is 0 Å². The maximum absolute atomic E-state index is 12.2. The van der Waals surface area contributed by atoms with Gasteiger partial charge in [0.1, 0.15) is 5.00 Å². The summed E-state index contributed by atoms with van der Waals surface area (Å²) in [5, 5.41) is 17.9. The van der Waals surface area contributed by atoms with Gasteiger partial charge >= 0.3 is 5.97 Å². The van der Waals surface area contributed by atoms with E-state index in [-0.39, 0.29) is 10.6 Å². The molecule has 0 spiro atoms. The number of aromatic carboxylic acids is 1. The van der Waals surface area contributed by atoms with Crippen LogP contribution in [0, 0.1) is 6.92 Å². The molecule has 0 aliphatic carbocycles. The summed E-state index contributed by atoms with van der Waals surface area (Å²) < 4.78 is 4.97. The van der Waals surface area contributed by atoms with E-state index in [1.165, 1.54) is 12.3 Å². The van der Waals surface area contributed by atoms with Crippen LogP contribution >= 0.6 is 11.3 Å². The summed E-state index contributed by atoms with van der Waals surface area (Å²) in [6.45, 7) is 1.75. The molecular formula is C13H9N3O4S. The lowest BCUT2D eigenvalue weighted by molar-refractivity contribution is 0.0698. The van der Waals surface area contributed by atoms with Crippen LogP contribution in [0.3, 0.4) is 0 Å². The number of fused-ring (bicyclic) bond motifs is 1. The SMILES string of the molecule is Cc1noc2ncc(C(=O)Nc3sccc3C(=O)O)cc12. The van der Waals surface area contributed by atoms with Crippen LogP contribution in [0.25, 0.3) is 11.1 Å². The highest BCUT2D eigenvalue weighted by molar-refractivity contribution is 7.14. The fourth-order valence-electron chi connectivity index (χ4n) is 1.82. The molecule has 21 heavy (non-hydrogen) atoms. The Bertz CT molecular complexity index is 852. The Labute approximate surface area is 122 Å². The molecule has 0 saturated carbocycles. The zero-order chi connectivity index (χ0) is 15.0. The molecule has 1 amide bonds. The van der Waals surface area contributed by atoms with E-state index in [1.807, 2.05) is 0 Å². The first-order chi connectivity index (χ1) is 10.1. The van der Waals surface area contributed by atoms with Crippen LogP contribution in [0.15, 0.2) is 28.2 Å². The Hall–Kier alpha value is -2.74. The van der Waals surface area contributed by atoms with Gasteiger partial charge < -0.3 is 14.9 Å². The summed E-state index contributed by atoms with van der Waals surface area (Å²) in [6.07, 6.45) is 1.36. The highest BCUT2D eigenvalue weighted by Gasteiger charge is 2.16. The summed E-state index contributed by atoms with van der Waals surface area (Å²) in [7, 11) is 0. The van der Waals surface area contributed by atoms with Gasteiger partial charge in [-0.3, -0.25) is 4.79 Å². The molecule has 0 unspecified atom stereocenters. The Morgan fingerprint density at radius 2 is 2.24 bits per heavy atom. The van der Waals surface area contributed by atoms with Crippen molar-refractivity contribution in [3.05, 3.63) is 40.5 Å². The summed E-state index contributed by atoms with van der Waals surface area (Å²) >= 11 is 1.15. The third kappa shape index (κ3) is 2.36. The minimum absolute atomic E-state index is 0.0588. The van der Waals surface area contributed by atoms with Crippen molar-refractivity contribution in [2.24, 2.45) is 0 Å². The third-order valence-electron chi connectivity index (χ3n) is 2.89. The molecule has 0 aromatic carbocycles. The third-order valence-corrected chi connectivity index (χ3v) is 3.72. The second kappa shape index (κ2) is 4.98. The molecule has 0 saturated heterocycles. The van der Waals surface area contributed by atoms with E-state index in [9.17, 15) is 9.59 Å². The summed E-state index contributed by atoms with van der Waals surface area (Å²) in [6, 6.07) is 3.05. The van der Waals surface area contributed by atoms with Crippen molar-refractivity contribution < 1.29 is 19.2 Å². The van der Waals surface area contributed by atoms with E-state index in [2.05, 4.69) is 15.5 Å². The standard InChI is InChI=1S/C13H9N3O4S/c1-6-9-4-7(5-14-11(9)20-16-6)10(17)15-12-8(13(18)19)2-3-21-12/h2-5H,1H3,(H,15,17)(H,18,19). The predicted octanol–water partition coefficient (Wildman–Crippen LogP) is 2.54. The maximum Gasteiger partial charge on any atom is 0.338 e. The van der Waals surface area contributed by atoms with Crippen molar-refractivity contribution in [1.29, 1.82) is 0 Å².